The molecular weight excluding hydrogens is 356 g/mol. The van der Waals surface area contributed by atoms with Gasteiger partial charge in [0.25, 0.3) is 5.91 Å². The molecule has 4 nitrogen and oxygen atoms in total. The van der Waals surface area contributed by atoms with E-state index in [2.05, 4.69) is 5.32 Å². The number of hydrogen-bond donors (Lipinski definition) is 1. The molecule has 0 aliphatic heterocycles. The number of anilines is 1. The predicted octanol–water partition coefficient (Wildman–Crippen LogP) is 4.54. The first kappa shape index (κ1) is 18.2. The quantitative estimate of drug-likeness (QED) is 0.635. The van der Waals surface area contributed by atoms with Gasteiger partial charge in [-0.15, -0.1) is 0 Å². The van der Waals surface area contributed by atoms with Crippen LogP contribution in [0.4, 0.5) is 10.1 Å². The van der Waals surface area contributed by atoms with Crippen molar-refractivity contribution in [2.45, 2.75) is 13.8 Å². The van der Waals surface area contributed by atoms with Crippen LogP contribution in [0.1, 0.15) is 21.5 Å². The SMILES string of the molecule is Cc1ccc(C)c(NC(=O)COC(=O)c2cc(F)c(Cl)cc2Cl)c1. The van der Waals surface area contributed by atoms with Crippen LogP contribution in [-0.2, 0) is 9.53 Å². The Balaban J connectivity index is 2.00. The van der Waals surface area contributed by atoms with Crippen molar-refractivity contribution in [3.63, 3.8) is 0 Å². The molecule has 0 unspecified atom stereocenters. The van der Waals surface area contributed by atoms with Crippen LogP contribution in [0.25, 0.3) is 0 Å². The molecule has 0 aliphatic rings. The molecule has 7 heteroatoms. The molecule has 0 aliphatic carbocycles. The molecule has 24 heavy (non-hydrogen) atoms. The number of hydrogen-bond acceptors (Lipinski definition) is 3. The number of nitrogens with one attached hydrogen (secondary N) is 1. The van der Waals surface area contributed by atoms with E-state index in [1.54, 1.807) is 6.07 Å². The summed E-state index contributed by atoms with van der Waals surface area (Å²) in [6.45, 7) is 3.22. The van der Waals surface area contributed by atoms with E-state index in [4.69, 9.17) is 27.9 Å². The molecule has 0 radical (unpaired) electrons. The van der Waals surface area contributed by atoms with Crippen molar-refractivity contribution >= 4 is 40.8 Å². The minimum Gasteiger partial charge on any atom is -0.452 e. The Kier molecular flexibility index (Phi) is 5.80. The van der Waals surface area contributed by atoms with Gasteiger partial charge >= 0.3 is 5.97 Å². The van der Waals surface area contributed by atoms with Crippen molar-refractivity contribution in [1.82, 2.24) is 0 Å². The third kappa shape index (κ3) is 4.46. The van der Waals surface area contributed by atoms with Gasteiger partial charge in [-0.1, -0.05) is 35.3 Å². The minimum absolute atomic E-state index is 0.0543. The molecule has 0 saturated heterocycles. The second-order valence-corrected chi connectivity index (χ2v) is 6.00. The first-order valence-corrected chi connectivity index (χ1v) is 7.72. The third-order valence-electron chi connectivity index (χ3n) is 3.23. The van der Waals surface area contributed by atoms with E-state index < -0.39 is 24.3 Å². The summed E-state index contributed by atoms with van der Waals surface area (Å²) < 4.78 is 18.3. The Morgan fingerprint density at radius 2 is 1.83 bits per heavy atom. The van der Waals surface area contributed by atoms with Gasteiger partial charge in [-0.2, -0.15) is 0 Å². The number of esters is 1. The van der Waals surface area contributed by atoms with Crippen LogP contribution >= 0.6 is 23.2 Å². The molecule has 0 saturated carbocycles. The van der Waals surface area contributed by atoms with Crippen molar-refractivity contribution in [2.24, 2.45) is 0 Å². The molecule has 1 amide bonds. The molecule has 2 aromatic rings. The zero-order valence-corrected chi connectivity index (χ0v) is 14.5. The normalized spacial score (nSPS) is 10.4. The highest BCUT2D eigenvalue weighted by atomic mass is 35.5. The average Bonchev–Trinajstić information content (AvgIpc) is 2.52. The van der Waals surface area contributed by atoms with Crippen molar-refractivity contribution in [3.05, 3.63) is 62.9 Å². The fraction of sp³-hybridized carbons (Fsp3) is 0.176. The van der Waals surface area contributed by atoms with E-state index in [0.717, 1.165) is 23.3 Å². The number of halogens is 3. The molecule has 2 aromatic carbocycles. The number of aryl methyl sites for hydroxylation is 2. The summed E-state index contributed by atoms with van der Waals surface area (Å²) in [5.41, 5.74) is 2.30. The Bertz CT molecular complexity index is 809. The lowest BCUT2D eigenvalue weighted by molar-refractivity contribution is -0.119. The fourth-order valence-electron chi connectivity index (χ4n) is 1.94. The molecule has 0 aromatic heterocycles. The van der Waals surface area contributed by atoms with Gasteiger partial charge in [0.05, 0.1) is 15.6 Å². The molecule has 0 atom stereocenters. The smallest absolute Gasteiger partial charge is 0.340 e. The summed E-state index contributed by atoms with van der Waals surface area (Å²) in [5, 5.41) is 2.39. The monoisotopic (exact) mass is 369 g/mol. The number of rotatable bonds is 4. The maximum absolute atomic E-state index is 13.4. The zero-order valence-electron chi connectivity index (χ0n) is 13.0. The first-order chi connectivity index (χ1) is 11.3. The second kappa shape index (κ2) is 7.64. The predicted molar refractivity (Wildman–Crippen MR) is 91.2 cm³/mol. The molecular formula is C17H14Cl2FNO3. The second-order valence-electron chi connectivity index (χ2n) is 5.19. The number of carbonyl (C=O) groups excluding carboxylic acids is 2. The van der Waals surface area contributed by atoms with Gasteiger partial charge in [-0.25, -0.2) is 9.18 Å². The number of amides is 1. The van der Waals surface area contributed by atoms with E-state index in [1.807, 2.05) is 26.0 Å². The summed E-state index contributed by atoms with van der Waals surface area (Å²) in [6, 6.07) is 7.57. The maximum Gasteiger partial charge on any atom is 0.340 e. The number of benzene rings is 2. The lowest BCUT2D eigenvalue weighted by Gasteiger charge is -2.10. The summed E-state index contributed by atoms with van der Waals surface area (Å²) in [5.74, 6) is -2.22. The number of ether oxygens (including phenoxy) is 1. The molecule has 0 heterocycles. The average molecular weight is 370 g/mol. The summed E-state index contributed by atoms with van der Waals surface area (Å²) in [6.07, 6.45) is 0. The number of carbonyl (C=O) groups is 2. The molecule has 0 spiro atoms. The van der Waals surface area contributed by atoms with Crippen molar-refractivity contribution in [1.29, 1.82) is 0 Å². The van der Waals surface area contributed by atoms with Gasteiger partial charge in [-0.05, 0) is 43.2 Å². The van der Waals surface area contributed by atoms with E-state index in [0.29, 0.717) is 5.69 Å². The molecule has 0 bridgehead atoms. The van der Waals surface area contributed by atoms with Crippen LogP contribution in [0.2, 0.25) is 10.0 Å². The van der Waals surface area contributed by atoms with Crippen LogP contribution in [0.3, 0.4) is 0 Å². The van der Waals surface area contributed by atoms with Gasteiger partial charge in [0.2, 0.25) is 0 Å². The van der Waals surface area contributed by atoms with Gasteiger partial charge < -0.3 is 10.1 Å². The van der Waals surface area contributed by atoms with Crippen LogP contribution in [0.15, 0.2) is 30.3 Å². The Labute approximate surface area is 148 Å². The van der Waals surface area contributed by atoms with E-state index in [1.165, 1.54) is 0 Å². The maximum atomic E-state index is 13.4. The lowest BCUT2D eigenvalue weighted by atomic mass is 10.1. The minimum atomic E-state index is -0.910. The van der Waals surface area contributed by atoms with Crippen molar-refractivity contribution in [2.75, 3.05) is 11.9 Å². The van der Waals surface area contributed by atoms with Crippen molar-refractivity contribution < 1.29 is 18.7 Å². The molecule has 126 valence electrons. The topological polar surface area (TPSA) is 55.4 Å². The molecule has 1 N–H and O–H groups in total. The first-order valence-electron chi connectivity index (χ1n) is 6.96. The Morgan fingerprint density at radius 1 is 1.12 bits per heavy atom. The summed E-state index contributed by atoms with van der Waals surface area (Å²) in [7, 11) is 0. The standard InChI is InChI=1S/C17H14Cl2FNO3/c1-9-3-4-10(2)15(5-9)21-16(22)8-24-17(23)11-6-14(20)13(19)7-12(11)18/h3-7H,8H2,1-2H3,(H,21,22). The van der Waals surface area contributed by atoms with Gasteiger partial charge in [0.15, 0.2) is 6.61 Å². The Morgan fingerprint density at radius 3 is 2.54 bits per heavy atom. The van der Waals surface area contributed by atoms with Gasteiger partial charge in [0, 0.05) is 5.69 Å². The summed E-state index contributed by atoms with van der Waals surface area (Å²) >= 11 is 11.4. The fourth-order valence-corrected chi connectivity index (χ4v) is 2.40. The van der Waals surface area contributed by atoms with Gasteiger partial charge in [-0.3, -0.25) is 4.79 Å². The lowest BCUT2D eigenvalue weighted by Crippen LogP contribution is -2.21. The highest BCUT2D eigenvalue weighted by Gasteiger charge is 2.17. The van der Waals surface area contributed by atoms with Crippen molar-refractivity contribution in [3.8, 4) is 0 Å². The highest BCUT2D eigenvalue weighted by molar-refractivity contribution is 6.36. The van der Waals surface area contributed by atoms with E-state index >= 15 is 0 Å². The zero-order chi connectivity index (χ0) is 17.9. The van der Waals surface area contributed by atoms with E-state index in [-0.39, 0.29) is 15.6 Å². The van der Waals surface area contributed by atoms with Crippen LogP contribution < -0.4 is 5.32 Å². The molecule has 0 fully saturated rings. The summed E-state index contributed by atoms with van der Waals surface area (Å²) in [4.78, 5) is 23.8. The molecule has 2 rings (SSSR count). The van der Waals surface area contributed by atoms with Crippen LogP contribution in [0.5, 0.6) is 0 Å². The van der Waals surface area contributed by atoms with Crippen LogP contribution in [0, 0.1) is 19.7 Å². The van der Waals surface area contributed by atoms with Crippen LogP contribution in [-0.4, -0.2) is 18.5 Å². The van der Waals surface area contributed by atoms with E-state index in [9.17, 15) is 14.0 Å². The Hall–Kier alpha value is -2.11. The third-order valence-corrected chi connectivity index (χ3v) is 3.83. The highest BCUT2D eigenvalue weighted by Crippen LogP contribution is 2.25. The largest absolute Gasteiger partial charge is 0.452 e. The van der Waals surface area contributed by atoms with Gasteiger partial charge in [0.1, 0.15) is 5.82 Å².